The lowest BCUT2D eigenvalue weighted by Crippen LogP contribution is -2.14. The highest BCUT2D eigenvalue weighted by molar-refractivity contribution is 9.10. The molecule has 102 valence electrons. The van der Waals surface area contributed by atoms with E-state index in [2.05, 4.69) is 34.2 Å². The summed E-state index contributed by atoms with van der Waals surface area (Å²) in [5.74, 6) is 0.893. The number of unbranched alkanes of at least 4 members (excludes halogenated alkanes) is 1. The van der Waals surface area contributed by atoms with Crippen molar-refractivity contribution in [2.75, 3.05) is 19.8 Å². The number of ether oxygens (including phenoxy) is 1. The molecular formula is C14H22BrNO2. The monoisotopic (exact) mass is 315 g/mol. The van der Waals surface area contributed by atoms with Crippen LogP contribution in [0.5, 0.6) is 5.75 Å². The summed E-state index contributed by atoms with van der Waals surface area (Å²) in [6, 6.07) is 6.04. The van der Waals surface area contributed by atoms with Crippen molar-refractivity contribution in [2.24, 2.45) is 0 Å². The van der Waals surface area contributed by atoms with Crippen molar-refractivity contribution in [2.45, 2.75) is 32.7 Å². The number of aliphatic hydroxyl groups is 1. The summed E-state index contributed by atoms with van der Waals surface area (Å²) in [6.07, 6.45) is 2.81. The molecule has 0 saturated carbocycles. The van der Waals surface area contributed by atoms with E-state index in [1.54, 1.807) is 0 Å². The first-order valence-corrected chi connectivity index (χ1v) is 7.30. The van der Waals surface area contributed by atoms with Gasteiger partial charge in [0.1, 0.15) is 5.75 Å². The van der Waals surface area contributed by atoms with Crippen molar-refractivity contribution in [3.05, 3.63) is 28.2 Å². The van der Waals surface area contributed by atoms with E-state index in [1.807, 2.05) is 12.1 Å². The molecule has 0 fully saturated rings. The predicted octanol–water partition coefficient (Wildman–Crippen LogP) is 3.10. The van der Waals surface area contributed by atoms with E-state index in [9.17, 15) is 0 Å². The van der Waals surface area contributed by atoms with Gasteiger partial charge in [0.15, 0.2) is 0 Å². The number of halogens is 1. The van der Waals surface area contributed by atoms with Crippen LogP contribution in [0.4, 0.5) is 0 Å². The lowest BCUT2D eigenvalue weighted by Gasteiger charge is -2.10. The topological polar surface area (TPSA) is 41.5 Å². The van der Waals surface area contributed by atoms with E-state index in [-0.39, 0.29) is 6.61 Å². The summed E-state index contributed by atoms with van der Waals surface area (Å²) >= 11 is 3.55. The highest BCUT2D eigenvalue weighted by Gasteiger charge is 2.02. The lowest BCUT2D eigenvalue weighted by molar-refractivity contribution is 0.253. The Hall–Kier alpha value is -0.580. The summed E-state index contributed by atoms with van der Waals surface area (Å²) < 4.78 is 6.76. The molecule has 18 heavy (non-hydrogen) atoms. The van der Waals surface area contributed by atoms with Gasteiger partial charge in [-0.25, -0.2) is 0 Å². The number of nitrogens with one attached hydrogen (secondary N) is 1. The Morgan fingerprint density at radius 2 is 2.17 bits per heavy atom. The number of rotatable bonds is 9. The van der Waals surface area contributed by atoms with Crippen LogP contribution in [0.2, 0.25) is 0 Å². The quantitative estimate of drug-likeness (QED) is 0.688. The molecule has 0 aliphatic rings. The van der Waals surface area contributed by atoms with Crippen LogP contribution in [-0.4, -0.2) is 24.9 Å². The van der Waals surface area contributed by atoms with Crippen LogP contribution in [0.15, 0.2) is 22.7 Å². The molecule has 2 N–H and O–H groups in total. The van der Waals surface area contributed by atoms with E-state index in [1.165, 1.54) is 5.56 Å². The van der Waals surface area contributed by atoms with Crippen LogP contribution in [0.1, 0.15) is 31.7 Å². The van der Waals surface area contributed by atoms with Crippen LogP contribution in [0, 0.1) is 0 Å². The minimum Gasteiger partial charge on any atom is -0.494 e. The molecule has 4 heteroatoms. The van der Waals surface area contributed by atoms with Gasteiger partial charge in [0.25, 0.3) is 0 Å². The van der Waals surface area contributed by atoms with Crippen LogP contribution >= 0.6 is 15.9 Å². The molecule has 0 atom stereocenters. The first-order chi connectivity index (χ1) is 8.77. The molecule has 1 aromatic carbocycles. The zero-order valence-corrected chi connectivity index (χ0v) is 12.5. The Morgan fingerprint density at radius 3 is 2.89 bits per heavy atom. The fraction of sp³-hybridized carbons (Fsp3) is 0.571. The van der Waals surface area contributed by atoms with Gasteiger partial charge in [-0.2, -0.15) is 0 Å². The second-order valence-corrected chi connectivity index (χ2v) is 5.06. The van der Waals surface area contributed by atoms with Gasteiger partial charge in [-0.05, 0) is 49.6 Å². The summed E-state index contributed by atoms with van der Waals surface area (Å²) in [5.41, 5.74) is 1.21. The molecule has 0 unspecified atom stereocenters. The molecule has 1 rings (SSSR count). The molecule has 0 spiro atoms. The van der Waals surface area contributed by atoms with Crippen molar-refractivity contribution in [3.63, 3.8) is 0 Å². The van der Waals surface area contributed by atoms with Gasteiger partial charge in [-0.1, -0.05) is 22.9 Å². The standard InChI is InChI=1S/C14H22BrNO2/c1-2-7-16-11-12-10-13(5-6-14(12)15)18-9-4-3-8-17/h5-6,10,16-17H,2-4,7-9,11H2,1H3. The molecule has 0 aliphatic carbocycles. The lowest BCUT2D eigenvalue weighted by atomic mass is 10.2. The number of aliphatic hydroxyl groups excluding tert-OH is 1. The number of benzene rings is 1. The van der Waals surface area contributed by atoms with Gasteiger partial charge in [0.2, 0.25) is 0 Å². The molecule has 0 saturated heterocycles. The van der Waals surface area contributed by atoms with Gasteiger partial charge in [-0.15, -0.1) is 0 Å². The van der Waals surface area contributed by atoms with Crippen molar-refractivity contribution in [3.8, 4) is 5.75 Å². The maximum absolute atomic E-state index is 8.69. The average molecular weight is 316 g/mol. The van der Waals surface area contributed by atoms with Gasteiger partial charge >= 0.3 is 0 Å². The number of hydrogen-bond acceptors (Lipinski definition) is 3. The van der Waals surface area contributed by atoms with E-state index in [0.717, 1.165) is 42.6 Å². The molecular weight excluding hydrogens is 294 g/mol. The van der Waals surface area contributed by atoms with Gasteiger partial charge in [0.05, 0.1) is 6.61 Å². The maximum Gasteiger partial charge on any atom is 0.119 e. The summed E-state index contributed by atoms with van der Waals surface area (Å²) in [4.78, 5) is 0. The minimum absolute atomic E-state index is 0.232. The Balaban J connectivity index is 2.46. The third-order valence-electron chi connectivity index (χ3n) is 2.58. The van der Waals surface area contributed by atoms with E-state index in [0.29, 0.717) is 6.61 Å². The van der Waals surface area contributed by atoms with Crippen LogP contribution in [0.25, 0.3) is 0 Å². The van der Waals surface area contributed by atoms with Crippen molar-refractivity contribution in [1.82, 2.24) is 5.32 Å². The number of hydrogen-bond donors (Lipinski definition) is 2. The molecule has 0 aromatic heterocycles. The van der Waals surface area contributed by atoms with Gasteiger partial charge < -0.3 is 15.2 Å². The average Bonchev–Trinajstić information content (AvgIpc) is 2.38. The summed E-state index contributed by atoms with van der Waals surface area (Å²) in [6.45, 7) is 4.92. The molecule has 1 aromatic rings. The van der Waals surface area contributed by atoms with Crippen molar-refractivity contribution >= 4 is 15.9 Å². The zero-order chi connectivity index (χ0) is 13.2. The van der Waals surface area contributed by atoms with Gasteiger partial charge in [-0.3, -0.25) is 0 Å². The Labute approximate surface area is 118 Å². The normalized spacial score (nSPS) is 10.6. The molecule has 0 amide bonds. The zero-order valence-electron chi connectivity index (χ0n) is 10.9. The second-order valence-electron chi connectivity index (χ2n) is 4.21. The van der Waals surface area contributed by atoms with E-state index in [4.69, 9.17) is 9.84 Å². The minimum atomic E-state index is 0.232. The summed E-state index contributed by atoms with van der Waals surface area (Å²) in [5, 5.41) is 12.1. The Morgan fingerprint density at radius 1 is 1.33 bits per heavy atom. The fourth-order valence-corrected chi connectivity index (χ4v) is 1.97. The summed E-state index contributed by atoms with van der Waals surface area (Å²) in [7, 11) is 0. The Bertz CT molecular complexity index is 345. The van der Waals surface area contributed by atoms with Gasteiger partial charge in [0, 0.05) is 17.6 Å². The molecule has 0 heterocycles. The first-order valence-electron chi connectivity index (χ1n) is 6.50. The van der Waals surface area contributed by atoms with Crippen LogP contribution < -0.4 is 10.1 Å². The highest BCUT2D eigenvalue weighted by atomic mass is 79.9. The molecule has 0 radical (unpaired) electrons. The van der Waals surface area contributed by atoms with Crippen LogP contribution in [-0.2, 0) is 6.54 Å². The SMILES string of the molecule is CCCNCc1cc(OCCCCO)ccc1Br. The predicted molar refractivity (Wildman–Crippen MR) is 78.0 cm³/mol. The Kier molecular flexibility index (Phi) is 8.05. The third kappa shape index (κ3) is 5.85. The highest BCUT2D eigenvalue weighted by Crippen LogP contribution is 2.22. The molecule has 0 bridgehead atoms. The van der Waals surface area contributed by atoms with Crippen LogP contribution in [0.3, 0.4) is 0 Å². The maximum atomic E-state index is 8.69. The van der Waals surface area contributed by atoms with E-state index < -0.39 is 0 Å². The smallest absolute Gasteiger partial charge is 0.119 e. The van der Waals surface area contributed by atoms with Crippen molar-refractivity contribution in [1.29, 1.82) is 0 Å². The van der Waals surface area contributed by atoms with Crippen molar-refractivity contribution < 1.29 is 9.84 Å². The fourth-order valence-electron chi connectivity index (χ4n) is 1.58. The molecule has 0 aliphatic heterocycles. The first kappa shape index (κ1) is 15.5. The van der Waals surface area contributed by atoms with E-state index >= 15 is 0 Å². The largest absolute Gasteiger partial charge is 0.494 e. The molecule has 3 nitrogen and oxygen atoms in total. The third-order valence-corrected chi connectivity index (χ3v) is 3.35. The second kappa shape index (κ2) is 9.36.